The van der Waals surface area contributed by atoms with E-state index in [9.17, 15) is 14.3 Å². The highest BCUT2D eigenvalue weighted by molar-refractivity contribution is 5.90. The maximum Gasteiger partial charge on any atom is 0.321 e. The minimum absolute atomic E-state index is 0.314. The van der Waals surface area contributed by atoms with Gasteiger partial charge in [0.15, 0.2) is 5.75 Å². The van der Waals surface area contributed by atoms with E-state index in [0.717, 1.165) is 0 Å². The van der Waals surface area contributed by atoms with Gasteiger partial charge in [0.25, 0.3) is 0 Å². The number of amides is 2. The third-order valence-electron chi connectivity index (χ3n) is 3.38. The highest BCUT2D eigenvalue weighted by Crippen LogP contribution is 2.29. The number of carbonyl (C=O) groups excluding carboxylic acids is 1. The van der Waals surface area contributed by atoms with Crippen LogP contribution in [0.2, 0.25) is 0 Å². The molecule has 0 radical (unpaired) electrons. The number of benzene rings is 2. The highest BCUT2D eigenvalue weighted by atomic mass is 19.1. The minimum Gasteiger partial charge on any atom is -0.455 e. The van der Waals surface area contributed by atoms with Crippen LogP contribution in [0.5, 0.6) is 11.5 Å². The second-order valence-corrected chi connectivity index (χ2v) is 5.55. The molecule has 0 saturated carbocycles. The Bertz CT molecular complexity index is 691. The Morgan fingerprint density at radius 2 is 2.04 bits per heavy atom. The van der Waals surface area contributed by atoms with E-state index in [1.165, 1.54) is 17.0 Å². The Morgan fingerprint density at radius 3 is 2.75 bits per heavy atom. The zero-order valence-corrected chi connectivity index (χ0v) is 13.7. The van der Waals surface area contributed by atoms with Crippen molar-refractivity contribution < 1.29 is 19.0 Å². The largest absolute Gasteiger partial charge is 0.455 e. The van der Waals surface area contributed by atoms with Crippen LogP contribution in [0.3, 0.4) is 0 Å². The van der Waals surface area contributed by atoms with E-state index in [-0.39, 0.29) is 6.03 Å². The number of rotatable bonds is 6. The van der Waals surface area contributed by atoms with Crippen molar-refractivity contribution in [3.8, 4) is 11.5 Å². The van der Waals surface area contributed by atoms with E-state index in [1.54, 1.807) is 50.4 Å². The van der Waals surface area contributed by atoms with Crippen molar-refractivity contribution in [1.29, 1.82) is 0 Å². The second kappa shape index (κ2) is 8.31. The molecule has 2 aromatic carbocycles. The zero-order valence-electron chi connectivity index (χ0n) is 13.7. The molecule has 1 unspecified atom stereocenters. The first-order chi connectivity index (χ1) is 11.5. The minimum atomic E-state index is -0.469. The molecule has 2 N–H and O–H groups in total. The van der Waals surface area contributed by atoms with Gasteiger partial charge >= 0.3 is 6.03 Å². The van der Waals surface area contributed by atoms with Gasteiger partial charge in [0.2, 0.25) is 0 Å². The van der Waals surface area contributed by atoms with Crippen LogP contribution in [0.4, 0.5) is 14.9 Å². The quantitative estimate of drug-likeness (QED) is 0.844. The second-order valence-electron chi connectivity index (χ2n) is 5.55. The van der Waals surface area contributed by atoms with Gasteiger partial charge < -0.3 is 20.1 Å². The topological polar surface area (TPSA) is 61.8 Å². The van der Waals surface area contributed by atoms with Crippen molar-refractivity contribution in [1.82, 2.24) is 4.90 Å². The summed E-state index contributed by atoms with van der Waals surface area (Å²) in [5.41, 5.74) is 0.482. The van der Waals surface area contributed by atoms with Gasteiger partial charge in [0, 0.05) is 19.7 Å². The summed E-state index contributed by atoms with van der Waals surface area (Å²) in [5, 5.41) is 12.0. The lowest BCUT2D eigenvalue weighted by molar-refractivity contribution is 0.167. The molecule has 1 atom stereocenters. The van der Waals surface area contributed by atoms with Gasteiger partial charge in [-0.1, -0.05) is 18.2 Å². The number of ether oxygens (including phenoxy) is 1. The molecule has 2 rings (SSSR count). The number of aliphatic hydroxyl groups excluding tert-OH is 1. The molecule has 2 aromatic rings. The molecule has 0 spiro atoms. The van der Waals surface area contributed by atoms with Crippen LogP contribution >= 0.6 is 0 Å². The summed E-state index contributed by atoms with van der Waals surface area (Å²) in [5.74, 6) is 0.367. The Kier molecular flexibility index (Phi) is 6.14. The maximum atomic E-state index is 13.3. The molecular formula is C18H21FN2O3. The summed E-state index contributed by atoms with van der Waals surface area (Å²) in [6.45, 7) is 2.10. The molecule has 0 saturated heterocycles. The molecule has 24 heavy (non-hydrogen) atoms. The SMILES string of the molecule is CC(O)CCN(C)C(=O)Nc1ccccc1Oc1cccc(F)c1. The number of hydrogen-bond acceptors (Lipinski definition) is 3. The number of anilines is 1. The molecule has 0 aliphatic rings. The van der Waals surface area contributed by atoms with Crippen LogP contribution in [-0.2, 0) is 0 Å². The number of nitrogens with one attached hydrogen (secondary N) is 1. The first-order valence-corrected chi connectivity index (χ1v) is 7.68. The summed E-state index contributed by atoms with van der Waals surface area (Å²) in [6, 6.07) is 12.4. The van der Waals surface area contributed by atoms with Gasteiger partial charge in [-0.15, -0.1) is 0 Å². The maximum absolute atomic E-state index is 13.3. The van der Waals surface area contributed by atoms with Crippen molar-refractivity contribution in [3.63, 3.8) is 0 Å². The first-order valence-electron chi connectivity index (χ1n) is 7.68. The van der Waals surface area contributed by atoms with E-state index < -0.39 is 11.9 Å². The van der Waals surface area contributed by atoms with Crippen molar-refractivity contribution in [3.05, 3.63) is 54.3 Å². The lowest BCUT2D eigenvalue weighted by Gasteiger charge is -2.20. The van der Waals surface area contributed by atoms with E-state index in [4.69, 9.17) is 4.74 Å². The first kappa shape index (κ1) is 17.7. The predicted molar refractivity (Wildman–Crippen MR) is 90.9 cm³/mol. The average Bonchev–Trinajstić information content (AvgIpc) is 2.54. The monoisotopic (exact) mass is 332 g/mol. The number of para-hydroxylation sites is 2. The summed E-state index contributed by atoms with van der Waals surface area (Å²) in [6.07, 6.45) is 0.0228. The Labute approximate surface area is 140 Å². The molecule has 6 heteroatoms. The summed E-state index contributed by atoms with van der Waals surface area (Å²) >= 11 is 0. The Hall–Kier alpha value is -2.60. The van der Waals surface area contributed by atoms with Gasteiger partial charge in [-0.2, -0.15) is 0 Å². The smallest absolute Gasteiger partial charge is 0.321 e. The normalized spacial score (nSPS) is 11.7. The molecule has 0 aliphatic carbocycles. The molecule has 0 aromatic heterocycles. The average molecular weight is 332 g/mol. The van der Waals surface area contributed by atoms with E-state index in [0.29, 0.717) is 30.2 Å². The van der Waals surface area contributed by atoms with Gasteiger partial charge in [0.05, 0.1) is 11.8 Å². The Morgan fingerprint density at radius 1 is 1.29 bits per heavy atom. The van der Waals surface area contributed by atoms with Gasteiger partial charge in [-0.3, -0.25) is 0 Å². The van der Waals surface area contributed by atoms with Gasteiger partial charge in [0.1, 0.15) is 11.6 Å². The molecule has 0 aliphatic heterocycles. The number of hydrogen-bond donors (Lipinski definition) is 2. The van der Waals surface area contributed by atoms with Crippen LogP contribution in [0, 0.1) is 5.82 Å². The fraction of sp³-hybridized carbons (Fsp3) is 0.278. The summed E-state index contributed by atoms with van der Waals surface area (Å²) in [4.78, 5) is 13.7. The van der Waals surface area contributed by atoms with Gasteiger partial charge in [-0.25, -0.2) is 9.18 Å². The third-order valence-corrected chi connectivity index (χ3v) is 3.38. The standard InChI is InChI=1S/C18H21FN2O3/c1-13(22)10-11-21(2)18(23)20-16-8-3-4-9-17(16)24-15-7-5-6-14(19)12-15/h3-9,12-13,22H,10-11H2,1-2H3,(H,20,23). The fourth-order valence-electron chi connectivity index (χ4n) is 2.01. The molecule has 0 heterocycles. The summed E-state index contributed by atoms with van der Waals surface area (Å²) in [7, 11) is 1.65. The van der Waals surface area contributed by atoms with Crippen LogP contribution in [0.25, 0.3) is 0 Å². The van der Waals surface area contributed by atoms with E-state index in [2.05, 4.69) is 5.32 Å². The molecule has 5 nitrogen and oxygen atoms in total. The van der Waals surface area contributed by atoms with Gasteiger partial charge in [-0.05, 0) is 37.6 Å². The molecule has 2 amide bonds. The van der Waals surface area contributed by atoms with E-state index in [1.807, 2.05) is 0 Å². The number of nitrogens with zero attached hydrogens (tertiary/aromatic N) is 1. The van der Waals surface area contributed by atoms with Crippen LogP contribution in [0.15, 0.2) is 48.5 Å². The number of halogens is 1. The number of carbonyl (C=O) groups is 1. The van der Waals surface area contributed by atoms with Crippen LogP contribution < -0.4 is 10.1 Å². The molecular weight excluding hydrogens is 311 g/mol. The number of aliphatic hydroxyl groups is 1. The zero-order chi connectivity index (χ0) is 17.5. The molecule has 0 bridgehead atoms. The van der Waals surface area contributed by atoms with Crippen molar-refractivity contribution in [2.75, 3.05) is 18.9 Å². The summed E-state index contributed by atoms with van der Waals surface area (Å²) < 4.78 is 18.9. The molecule has 128 valence electrons. The van der Waals surface area contributed by atoms with E-state index >= 15 is 0 Å². The van der Waals surface area contributed by atoms with Crippen LogP contribution in [-0.4, -0.2) is 35.7 Å². The molecule has 0 fully saturated rings. The highest BCUT2D eigenvalue weighted by Gasteiger charge is 2.13. The van der Waals surface area contributed by atoms with Crippen molar-refractivity contribution >= 4 is 11.7 Å². The van der Waals surface area contributed by atoms with Crippen LogP contribution in [0.1, 0.15) is 13.3 Å². The predicted octanol–water partition coefficient (Wildman–Crippen LogP) is 3.85. The van der Waals surface area contributed by atoms with Crippen molar-refractivity contribution in [2.45, 2.75) is 19.4 Å². The lowest BCUT2D eigenvalue weighted by atomic mass is 10.2. The Balaban J connectivity index is 2.07. The lowest BCUT2D eigenvalue weighted by Crippen LogP contribution is -2.33. The van der Waals surface area contributed by atoms with Crippen molar-refractivity contribution in [2.24, 2.45) is 0 Å². The number of urea groups is 1. The third kappa shape index (κ3) is 5.24. The fourth-order valence-corrected chi connectivity index (χ4v) is 2.01.